The Hall–Kier alpha value is -3.58. The first-order valence-electron chi connectivity index (χ1n) is 9.73. The lowest BCUT2D eigenvalue weighted by atomic mass is 10.2. The molecule has 7 heteroatoms. The van der Waals surface area contributed by atoms with E-state index in [4.69, 9.17) is 4.74 Å². The minimum Gasteiger partial charge on any atom is -0.439 e. The first-order valence-corrected chi connectivity index (χ1v) is 9.73. The highest BCUT2D eigenvalue weighted by atomic mass is 16.5. The molecule has 0 atom stereocenters. The van der Waals surface area contributed by atoms with Crippen molar-refractivity contribution < 1.29 is 4.74 Å². The fourth-order valence-corrected chi connectivity index (χ4v) is 3.51. The number of fused-ring (bicyclic) bond motifs is 1. The number of H-pyrrole nitrogens is 1. The maximum Gasteiger partial charge on any atom is 0.224 e. The Kier molecular flexibility index (Phi) is 4.72. The summed E-state index contributed by atoms with van der Waals surface area (Å²) in [5.41, 5.74) is 3.29. The van der Waals surface area contributed by atoms with Gasteiger partial charge in [0.25, 0.3) is 0 Å². The Labute approximate surface area is 168 Å². The van der Waals surface area contributed by atoms with Gasteiger partial charge < -0.3 is 25.3 Å². The zero-order chi connectivity index (χ0) is 19.5. The zero-order valence-electron chi connectivity index (χ0n) is 15.9. The summed E-state index contributed by atoms with van der Waals surface area (Å²) in [4.78, 5) is 14.1. The van der Waals surface area contributed by atoms with E-state index in [1.807, 2.05) is 30.5 Å². The van der Waals surface area contributed by atoms with Gasteiger partial charge in [-0.05, 0) is 48.5 Å². The van der Waals surface area contributed by atoms with Crippen LogP contribution in [0.4, 0.5) is 17.2 Å². The van der Waals surface area contributed by atoms with E-state index in [0.29, 0.717) is 11.7 Å². The number of hydrogen-bond donors (Lipinski definition) is 3. The van der Waals surface area contributed by atoms with Crippen LogP contribution in [0.3, 0.4) is 0 Å². The smallest absolute Gasteiger partial charge is 0.224 e. The van der Waals surface area contributed by atoms with Gasteiger partial charge in [0.1, 0.15) is 17.9 Å². The van der Waals surface area contributed by atoms with Crippen LogP contribution in [0.5, 0.6) is 11.6 Å². The van der Waals surface area contributed by atoms with Gasteiger partial charge in [-0.1, -0.05) is 0 Å². The summed E-state index contributed by atoms with van der Waals surface area (Å²) in [6.45, 7) is 4.13. The van der Waals surface area contributed by atoms with E-state index in [1.54, 1.807) is 6.07 Å². The Morgan fingerprint density at radius 1 is 0.931 bits per heavy atom. The molecule has 0 unspecified atom stereocenters. The molecule has 1 aliphatic rings. The normalized spacial score (nSPS) is 14.1. The van der Waals surface area contributed by atoms with Gasteiger partial charge in [0, 0.05) is 60.7 Å². The lowest BCUT2D eigenvalue weighted by Gasteiger charge is -2.29. The van der Waals surface area contributed by atoms with E-state index in [1.165, 1.54) is 12.0 Å². The Bertz CT molecular complexity index is 1100. The second-order valence-corrected chi connectivity index (χ2v) is 6.98. The van der Waals surface area contributed by atoms with Gasteiger partial charge in [-0.2, -0.15) is 0 Å². The third kappa shape index (κ3) is 4.00. The maximum absolute atomic E-state index is 5.92. The lowest BCUT2D eigenvalue weighted by molar-refractivity contribution is 0.462. The predicted octanol–water partition coefficient (Wildman–Crippen LogP) is 3.90. The van der Waals surface area contributed by atoms with Gasteiger partial charge in [0.2, 0.25) is 5.88 Å². The molecule has 1 aliphatic heterocycles. The number of ether oxygens (including phenoxy) is 1. The minimum absolute atomic E-state index is 0.495. The van der Waals surface area contributed by atoms with Crippen LogP contribution in [0.25, 0.3) is 10.9 Å². The molecule has 2 aromatic heterocycles. The van der Waals surface area contributed by atoms with Crippen molar-refractivity contribution >= 4 is 28.1 Å². The minimum atomic E-state index is 0.495. The number of rotatable bonds is 5. The Balaban J connectivity index is 1.28. The van der Waals surface area contributed by atoms with Crippen LogP contribution < -0.4 is 20.3 Å². The summed E-state index contributed by atoms with van der Waals surface area (Å²) in [5, 5.41) is 7.79. The zero-order valence-corrected chi connectivity index (χ0v) is 15.9. The molecule has 29 heavy (non-hydrogen) atoms. The monoisotopic (exact) mass is 386 g/mol. The summed E-state index contributed by atoms with van der Waals surface area (Å²) >= 11 is 0. The molecule has 0 amide bonds. The number of piperazine rings is 1. The molecular weight excluding hydrogens is 364 g/mol. The van der Waals surface area contributed by atoms with Crippen LogP contribution in [0.2, 0.25) is 0 Å². The second-order valence-electron chi connectivity index (χ2n) is 6.98. The van der Waals surface area contributed by atoms with Crippen molar-refractivity contribution in [3.63, 3.8) is 0 Å². The fourth-order valence-electron chi connectivity index (χ4n) is 3.51. The number of aromatic amines is 1. The first-order chi connectivity index (χ1) is 14.3. The molecule has 1 fully saturated rings. The molecule has 7 nitrogen and oxygen atoms in total. The van der Waals surface area contributed by atoms with Crippen LogP contribution in [0, 0.1) is 0 Å². The van der Waals surface area contributed by atoms with Gasteiger partial charge in [0.05, 0.1) is 0 Å². The molecule has 4 aromatic rings. The van der Waals surface area contributed by atoms with E-state index >= 15 is 0 Å². The summed E-state index contributed by atoms with van der Waals surface area (Å²) in [6.07, 6.45) is 3.41. The van der Waals surface area contributed by atoms with Gasteiger partial charge in [0.15, 0.2) is 0 Å². The number of nitrogens with zero attached hydrogens (tertiary/aromatic N) is 3. The van der Waals surface area contributed by atoms with Crippen molar-refractivity contribution in [3.8, 4) is 11.6 Å². The highest BCUT2D eigenvalue weighted by Gasteiger charge is 2.10. The van der Waals surface area contributed by atoms with E-state index in [9.17, 15) is 0 Å². The molecule has 146 valence electrons. The third-order valence-corrected chi connectivity index (χ3v) is 5.01. The average Bonchev–Trinajstić information content (AvgIpc) is 3.23. The first kappa shape index (κ1) is 17.5. The predicted molar refractivity (Wildman–Crippen MR) is 115 cm³/mol. The highest BCUT2D eigenvalue weighted by molar-refractivity contribution is 5.80. The molecule has 0 aliphatic carbocycles. The largest absolute Gasteiger partial charge is 0.439 e. The van der Waals surface area contributed by atoms with E-state index in [0.717, 1.165) is 48.5 Å². The van der Waals surface area contributed by atoms with Gasteiger partial charge in [-0.3, -0.25) is 0 Å². The Morgan fingerprint density at radius 2 is 1.79 bits per heavy atom. The average molecular weight is 386 g/mol. The topological polar surface area (TPSA) is 78.1 Å². The molecule has 0 radical (unpaired) electrons. The molecule has 3 N–H and O–H groups in total. The third-order valence-electron chi connectivity index (χ3n) is 5.01. The van der Waals surface area contributed by atoms with Crippen LogP contribution in [-0.4, -0.2) is 41.1 Å². The van der Waals surface area contributed by atoms with Gasteiger partial charge >= 0.3 is 0 Å². The van der Waals surface area contributed by atoms with Gasteiger partial charge in [-0.15, -0.1) is 0 Å². The standard InChI is InChI=1S/C22H22N6O/c1-3-18(28-11-9-23-10-12-28)4-2-17(1)27-21-14-22(26-15-25-21)29-19-5-6-20-16(13-19)7-8-24-20/h1-8,13-15,23-24H,9-12H2,(H,25,26,27). The number of anilines is 3. The summed E-state index contributed by atoms with van der Waals surface area (Å²) in [7, 11) is 0. The molecule has 3 heterocycles. The summed E-state index contributed by atoms with van der Waals surface area (Å²) in [5.74, 6) is 1.92. The fraction of sp³-hybridized carbons (Fsp3) is 0.182. The molecular formula is C22H22N6O. The van der Waals surface area contributed by atoms with E-state index in [-0.39, 0.29) is 0 Å². The van der Waals surface area contributed by atoms with Crippen LogP contribution in [0.15, 0.2) is 67.1 Å². The summed E-state index contributed by atoms with van der Waals surface area (Å²) < 4.78 is 5.92. The van der Waals surface area contributed by atoms with E-state index in [2.05, 4.69) is 54.8 Å². The number of aromatic nitrogens is 3. The van der Waals surface area contributed by atoms with Crippen LogP contribution >= 0.6 is 0 Å². The lowest BCUT2D eigenvalue weighted by Crippen LogP contribution is -2.43. The number of nitrogens with one attached hydrogen (secondary N) is 3. The van der Waals surface area contributed by atoms with E-state index < -0.39 is 0 Å². The molecule has 0 spiro atoms. The molecule has 0 bridgehead atoms. The molecule has 0 saturated carbocycles. The number of benzene rings is 2. The van der Waals surface area contributed by atoms with Crippen LogP contribution in [-0.2, 0) is 0 Å². The number of hydrogen-bond acceptors (Lipinski definition) is 6. The van der Waals surface area contributed by atoms with Crippen molar-refractivity contribution in [2.24, 2.45) is 0 Å². The molecule has 5 rings (SSSR count). The quantitative estimate of drug-likeness (QED) is 0.483. The Morgan fingerprint density at radius 3 is 2.66 bits per heavy atom. The maximum atomic E-state index is 5.92. The molecule has 2 aromatic carbocycles. The van der Waals surface area contributed by atoms with Crippen molar-refractivity contribution in [3.05, 3.63) is 67.1 Å². The van der Waals surface area contributed by atoms with Crippen molar-refractivity contribution in [2.75, 3.05) is 36.4 Å². The summed E-state index contributed by atoms with van der Waals surface area (Å²) in [6, 6.07) is 18.1. The second kappa shape index (κ2) is 7.81. The van der Waals surface area contributed by atoms with Crippen LogP contribution in [0.1, 0.15) is 0 Å². The SMILES string of the molecule is c1nc(Nc2ccc(N3CCNCC3)cc2)cc(Oc2ccc3[nH]ccc3c2)n1. The van der Waals surface area contributed by atoms with Gasteiger partial charge in [-0.25, -0.2) is 9.97 Å². The molecule has 1 saturated heterocycles. The van der Waals surface area contributed by atoms with Crippen molar-refractivity contribution in [1.82, 2.24) is 20.3 Å². The van der Waals surface area contributed by atoms with Crippen molar-refractivity contribution in [1.29, 1.82) is 0 Å². The van der Waals surface area contributed by atoms with Crippen molar-refractivity contribution in [2.45, 2.75) is 0 Å². The highest BCUT2D eigenvalue weighted by Crippen LogP contribution is 2.26.